The van der Waals surface area contributed by atoms with Crippen LogP contribution in [0.1, 0.15) is 37.3 Å². The summed E-state index contributed by atoms with van der Waals surface area (Å²) in [7, 11) is 1.65. The van der Waals surface area contributed by atoms with Gasteiger partial charge < -0.3 is 21.0 Å². The quantitative estimate of drug-likeness (QED) is 0.417. The molecule has 5 N–H and O–H groups in total. The van der Waals surface area contributed by atoms with Gasteiger partial charge in [-0.05, 0) is 49.9 Å². The lowest BCUT2D eigenvalue weighted by Crippen LogP contribution is -2.21. The Morgan fingerprint density at radius 3 is 2.72 bits per heavy atom. The normalized spacial score (nSPS) is 18.4. The number of fused-ring (bicyclic) bond motifs is 1. The Hall–Kier alpha value is -3.83. The van der Waals surface area contributed by atoms with Crippen LogP contribution in [0, 0.1) is 6.07 Å². The molecule has 32 heavy (non-hydrogen) atoms. The topological polar surface area (TPSA) is 120 Å². The highest BCUT2D eigenvalue weighted by molar-refractivity contribution is 6.00. The first-order chi connectivity index (χ1) is 15.5. The van der Waals surface area contributed by atoms with Crippen molar-refractivity contribution in [1.29, 1.82) is 0 Å². The first kappa shape index (κ1) is 20.1. The fraction of sp³-hybridized carbons (Fsp3) is 0.292. The Balaban J connectivity index is 1.55. The van der Waals surface area contributed by atoms with Gasteiger partial charge in [-0.25, -0.2) is 4.98 Å². The lowest BCUT2D eigenvalue weighted by Gasteiger charge is -2.25. The maximum atomic E-state index is 9.78. The van der Waals surface area contributed by atoms with E-state index in [2.05, 4.69) is 21.0 Å². The van der Waals surface area contributed by atoms with Gasteiger partial charge >= 0.3 is 6.07 Å². The second kappa shape index (κ2) is 8.02. The summed E-state index contributed by atoms with van der Waals surface area (Å²) in [6.07, 6.45) is 8.91. The molecule has 0 spiro atoms. The lowest BCUT2D eigenvalue weighted by molar-refractivity contribution is 0.108. The van der Waals surface area contributed by atoms with Crippen molar-refractivity contribution in [1.82, 2.24) is 14.8 Å². The van der Waals surface area contributed by atoms with Crippen molar-refractivity contribution in [2.24, 2.45) is 0 Å². The van der Waals surface area contributed by atoms with E-state index in [1.165, 1.54) is 0 Å². The number of benzene rings is 1. The molecule has 0 saturated heterocycles. The van der Waals surface area contributed by atoms with Crippen LogP contribution >= 0.6 is 0 Å². The van der Waals surface area contributed by atoms with Crippen LogP contribution < -0.4 is 11.5 Å². The Morgan fingerprint density at radius 1 is 1.12 bits per heavy atom. The summed E-state index contributed by atoms with van der Waals surface area (Å²) in [5, 5.41) is 15.2. The van der Waals surface area contributed by atoms with Crippen LogP contribution in [0.2, 0.25) is 0 Å². The highest BCUT2D eigenvalue weighted by Crippen LogP contribution is 2.38. The minimum atomic E-state index is -0.193. The summed E-state index contributed by atoms with van der Waals surface area (Å²) >= 11 is 0. The third kappa shape index (κ3) is 3.57. The molecule has 8 heteroatoms. The molecular weight excluding hydrogens is 404 g/mol. The molecule has 8 nitrogen and oxygen atoms in total. The van der Waals surface area contributed by atoms with Crippen molar-refractivity contribution in [3.05, 3.63) is 53.3 Å². The first-order valence-corrected chi connectivity index (χ1v) is 10.7. The monoisotopic (exact) mass is 429 g/mol. The Kier molecular flexibility index (Phi) is 5.04. The van der Waals surface area contributed by atoms with Crippen molar-refractivity contribution in [3.63, 3.8) is 0 Å². The summed E-state index contributed by atoms with van der Waals surface area (Å²) in [5.41, 5.74) is 16.7. The zero-order chi connectivity index (χ0) is 22.2. The van der Waals surface area contributed by atoms with Crippen LogP contribution in [0.4, 0.5) is 11.5 Å². The van der Waals surface area contributed by atoms with Crippen LogP contribution in [0.15, 0.2) is 47.3 Å². The fourth-order valence-electron chi connectivity index (χ4n) is 4.34. The molecule has 162 valence electrons. The van der Waals surface area contributed by atoms with E-state index in [1.807, 2.05) is 41.3 Å². The molecule has 0 radical (unpaired) electrons. The molecule has 1 aliphatic carbocycles. The molecular formula is C24H25N6O2+. The van der Waals surface area contributed by atoms with Crippen LogP contribution in [-0.4, -0.2) is 33.0 Å². The largest absolute Gasteiger partial charge is 0.452 e. The maximum Gasteiger partial charge on any atom is 0.312 e. The third-order valence-electron chi connectivity index (χ3n) is 6.11. The predicted molar refractivity (Wildman–Crippen MR) is 125 cm³/mol. The fourth-order valence-corrected chi connectivity index (χ4v) is 4.34. The Morgan fingerprint density at radius 2 is 1.94 bits per heavy atom. The summed E-state index contributed by atoms with van der Waals surface area (Å²) in [6, 6.07) is 10.8. The first-order valence-electron chi connectivity index (χ1n) is 10.7. The van der Waals surface area contributed by atoms with E-state index in [9.17, 15) is 5.11 Å². The number of nitrogens with two attached hydrogens (primary N) is 2. The molecule has 0 atom stereocenters. The van der Waals surface area contributed by atoms with Crippen molar-refractivity contribution in [2.45, 2.75) is 37.8 Å². The average molecular weight is 430 g/mol. The summed E-state index contributed by atoms with van der Waals surface area (Å²) < 4.78 is 8.11. The molecule has 0 aliphatic heterocycles. The van der Waals surface area contributed by atoms with Gasteiger partial charge in [0.05, 0.1) is 24.0 Å². The smallest absolute Gasteiger partial charge is 0.312 e. The van der Waals surface area contributed by atoms with Gasteiger partial charge in [0, 0.05) is 34.5 Å². The molecule has 0 bridgehead atoms. The zero-order valence-electron chi connectivity index (χ0n) is 17.8. The Labute approximate surface area is 185 Å². The van der Waals surface area contributed by atoms with Gasteiger partial charge in [-0.3, -0.25) is 4.68 Å². The lowest BCUT2D eigenvalue weighted by atomic mass is 9.93. The molecule has 1 aromatic carbocycles. The van der Waals surface area contributed by atoms with Crippen molar-refractivity contribution >= 4 is 22.5 Å². The van der Waals surface area contributed by atoms with Crippen LogP contribution in [0.3, 0.4) is 0 Å². The molecule has 0 amide bonds. The number of anilines is 2. The van der Waals surface area contributed by atoms with E-state index >= 15 is 0 Å². The number of nitrogen functional groups attached to an aromatic ring is 2. The number of nitrogens with zero attached hydrogens (tertiary/aromatic N) is 4. The molecule has 1 saturated carbocycles. The van der Waals surface area contributed by atoms with Gasteiger partial charge in [-0.2, -0.15) is 5.10 Å². The van der Waals surface area contributed by atoms with E-state index < -0.39 is 0 Å². The number of aliphatic hydroxyl groups excluding tert-OH is 1. The summed E-state index contributed by atoms with van der Waals surface area (Å²) in [6.45, 7) is 0. The van der Waals surface area contributed by atoms with E-state index in [-0.39, 0.29) is 6.10 Å². The number of pyridine rings is 1. The van der Waals surface area contributed by atoms with Gasteiger partial charge in [0.15, 0.2) is 11.4 Å². The zero-order valence-corrected chi connectivity index (χ0v) is 17.8. The number of furan rings is 1. The van der Waals surface area contributed by atoms with E-state index in [0.29, 0.717) is 34.5 Å². The predicted octanol–water partition coefficient (Wildman–Crippen LogP) is 4.31. The molecule has 5 rings (SSSR count). The van der Waals surface area contributed by atoms with E-state index in [0.717, 1.165) is 47.8 Å². The Bertz CT molecular complexity index is 1350. The molecule has 0 unspecified atom stereocenters. The summed E-state index contributed by atoms with van der Waals surface area (Å²) in [5.74, 6) is 0.995. The molecule has 3 aromatic heterocycles. The molecule has 1 aliphatic rings. The number of aliphatic hydroxyl groups is 1. The van der Waals surface area contributed by atoms with E-state index in [1.54, 1.807) is 13.2 Å². The number of rotatable bonds is 3. The number of aromatic nitrogens is 3. The van der Waals surface area contributed by atoms with Crippen molar-refractivity contribution < 1.29 is 9.52 Å². The minimum absolute atomic E-state index is 0.193. The van der Waals surface area contributed by atoms with Crippen LogP contribution in [-0.2, 0) is 0 Å². The molecule has 1 fully saturated rings. The van der Waals surface area contributed by atoms with Gasteiger partial charge in [0.1, 0.15) is 11.3 Å². The van der Waals surface area contributed by atoms with Crippen LogP contribution in [0.5, 0.6) is 0 Å². The maximum absolute atomic E-state index is 9.78. The average Bonchev–Trinajstić information content (AvgIpc) is 3.45. The van der Waals surface area contributed by atoms with Crippen molar-refractivity contribution in [3.8, 4) is 28.5 Å². The van der Waals surface area contributed by atoms with Crippen molar-refractivity contribution in [2.75, 3.05) is 18.5 Å². The highest BCUT2D eigenvalue weighted by Gasteiger charge is 2.22. The van der Waals surface area contributed by atoms with Gasteiger partial charge in [0.25, 0.3) is 7.05 Å². The minimum Gasteiger partial charge on any atom is -0.452 e. The van der Waals surface area contributed by atoms with Crippen LogP contribution in [0.25, 0.3) is 38.3 Å². The number of hydrogen-bond donors (Lipinski definition) is 3. The second-order valence-corrected chi connectivity index (χ2v) is 8.22. The van der Waals surface area contributed by atoms with Gasteiger partial charge in [0.2, 0.25) is 0 Å². The SMILES string of the molecule is C[N+]#Cc1cc(-c2cc3c(-c4cnn(C5CCC(O)CC5)c4)cnc(N)c3o2)ccc1N. The second-order valence-electron chi connectivity index (χ2n) is 8.22. The highest BCUT2D eigenvalue weighted by atomic mass is 16.3. The summed E-state index contributed by atoms with van der Waals surface area (Å²) in [4.78, 5) is 8.29. The molecule has 4 aromatic rings. The third-order valence-corrected chi connectivity index (χ3v) is 6.11. The standard InChI is InChI=1S/C24H24N6O2/c1-27-10-15-8-14(2-7-21(15)25)22-9-19-20(12-28-24(26)23(19)32-22)16-11-29-30(13-16)17-3-5-18(31)6-4-17/h2,7-9,11-13,17-18,25,31H,3-6H2,1H3,(H2,26,28)/p+1. The van der Waals surface area contributed by atoms with Gasteiger partial charge in [-0.15, -0.1) is 0 Å². The van der Waals surface area contributed by atoms with E-state index in [4.69, 9.17) is 15.9 Å². The number of hydrogen-bond acceptors (Lipinski definition) is 6. The molecule has 3 heterocycles. The van der Waals surface area contributed by atoms with Gasteiger partial charge in [-0.1, -0.05) is 4.85 Å².